The number of hydrogen-bond acceptors (Lipinski definition) is 3. The van der Waals surface area contributed by atoms with Crippen LogP contribution in [-0.2, 0) is 10.8 Å². The van der Waals surface area contributed by atoms with Crippen LogP contribution in [-0.4, -0.2) is 15.0 Å². The Morgan fingerprint density at radius 2 is 0.966 bits per heavy atom. The molecule has 1 heterocycles. The quantitative estimate of drug-likeness (QED) is 0.179. The molecule has 0 unspecified atom stereocenters. The minimum Gasteiger partial charge on any atom is -0.208 e. The van der Waals surface area contributed by atoms with Gasteiger partial charge in [-0.05, 0) is 134 Å². The van der Waals surface area contributed by atoms with Crippen molar-refractivity contribution >= 4 is 10.8 Å². The minimum atomic E-state index is -0.00540. The molecule has 4 saturated carbocycles. The lowest BCUT2D eigenvalue weighted by Crippen LogP contribution is -2.55. The third-order valence-corrected chi connectivity index (χ3v) is 15.5. The lowest BCUT2D eigenvalue weighted by atomic mass is 9.43. The topological polar surface area (TPSA) is 38.7 Å². The average molecular weight is 760 g/mol. The van der Waals surface area contributed by atoms with Crippen molar-refractivity contribution < 1.29 is 0 Å². The number of aromatic nitrogens is 3. The molecular formula is C56H45N3. The van der Waals surface area contributed by atoms with Gasteiger partial charge in [-0.15, -0.1) is 0 Å². The summed E-state index contributed by atoms with van der Waals surface area (Å²) in [5.41, 5.74) is 16.9. The Morgan fingerprint density at radius 3 is 1.73 bits per heavy atom. The highest BCUT2D eigenvalue weighted by atomic mass is 15.0. The Labute approximate surface area is 346 Å². The standard InChI is InChI=1S/C56H45N3/c1-55(2)48-15-9-8-14-44(48)47-31-39(22-25-49(47)55)35-16-18-38(19-17-35)53-57-52(37-11-4-3-5-12-37)58-54(59-53)40-21-23-45-46-24-20-36-10-6-7-13-43(36)51(46)56(50(45)32-40)41-27-33-26-34(29-41)30-42(56)28-33/h3-25,31-34,41-42H,26-30H2,1-2H3. The van der Waals surface area contributed by atoms with Crippen molar-refractivity contribution in [2.45, 2.75) is 56.8 Å². The molecule has 0 N–H and O–H groups in total. The molecular weight excluding hydrogens is 715 g/mol. The number of nitrogens with zero attached hydrogens (tertiary/aromatic N) is 3. The van der Waals surface area contributed by atoms with Gasteiger partial charge in [0.1, 0.15) is 0 Å². The monoisotopic (exact) mass is 759 g/mol. The lowest BCUT2D eigenvalue weighted by molar-refractivity contribution is -0.0393. The van der Waals surface area contributed by atoms with Gasteiger partial charge in [-0.2, -0.15) is 0 Å². The third-order valence-electron chi connectivity index (χ3n) is 15.5. The molecule has 59 heavy (non-hydrogen) atoms. The fourth-order valence-electron chi connectivity index (χ4n) is 13.2. The van der Waals surface area contributed by atoms with Crippen LogP contribution >= 0.6 is 0 Å². The van der Waals surface area contributed by atoms with Gasteiger partial charge in [0.2, 0.25) is 0 Å². The summed E-state index contributed by atoms with van der Waals surface area (Å²) < 4.78 is 0. The van der Waals surface area contributed by atoms with Gasteiger partial charge in [0.25, 0.3) is 0 Å². The number of rotatable bonds is 4. The molecule has 1 aromatic heterocycles. The van der Waals surface area contributed by atoms with E-state index in [0.717, 1.165) is 34.4 Å². The molecule has 6 aliphatic rings. The van der Waals surface area contributed by atoms with E-state index >= 15 is 0 Å². The van der Waals surface area contributed by atoms with Crippen LogP contribution in [0.5, 0.6) is 0 Å². The largest absolute Gasteiger partial charge is 0.208 e. The van der Waals surface area contributed by atoms with Gasteiger partial charge in [-0.1, -0.05) is 153 Å². The molecule has 4 fully saturated rings. The van der Waals surface area contributed by atoms with E-state index in [4.69, 9.17) is 15.0 Å². The Bertz CT molecular complexity index is 3000. The van der Waals surface area contributed by atoms with Crippen LogP contribution in [0, 0.1) is 23.7 Å². The maximum absolute atomic E-state index is 5.32. The SMILES string of the molecule is CC1(C)c2ccccc2-c2cc(-c3ccc(-c4nc(-c5ccccc5)nc(-c5ccc6c(c5)C5(c7c-6ccc6ccccc76)C6CC7CC(C6)CC5C7)n4)cc3)ccc21. The van der Waals surface area contributed by atoms with E-state index in [1.807, 2.05) is 0 Å². The number of hydrogen-bond donors (Lipinski definition) is 0. The van der Waals surface area contributed by atoms with E-state index in [1.54, 1.807) is 5.56 Å². The second-order valence-corrected chi connectivity index (χ2v) is 18.8. The molecule has 0 amide bonds. The first-order valence-electron chi connectivity index (χ1n) is 21.8. The summed E-state index contributed by atoms with van der Waals surface area (Å²) in [6.07, 6.45) is 6.83. The van der Waals surface area contributed by atoms with Crippen LogP contribution in [0.2, 0.25) is 0 Å². The van der Waals surface area contributed by atoms with Crippen LogP contribution in [0.15, 0.2) is 152 Å². The van der Waals surface area contributed by atoms with E-state index in [2.05, 4.69) is 166 Å². The average Bonchev–Trinajstić information content (AvgIpc) is 3.70. The Morgan fingerprint density at radius 1 is 0.407 bits per heavy atom. The van der Waals surface area contributed by atoms with Crippen molar-refractivity contribution in [3.8, 4) is 67.5 Å². The smallest absolute Gasteiger partial charge is 0.164 e. The van der Waals surface area contributed by atoms with Crippen LogP contribution < -0.4 is 0 Å². The highest BCUT2D eigenvalue weighted by Crippen LogP contribution is 2.70. The molecule has 3 heteroatoms. The highest BCUT2D eigenvalue weighted by Gasteiger charge is 2.62. The fourth-order valence-corrected chi connectivity index (χ4v) is 13.2. The first-order valence-corrected chi connectivity index (χ1v) is 21.8. The van der Waals surface area contributed by atoms with E-state index < -0.39 is 0 Å². The van der Waals surface area contributed by atoms with Gasteiger partial charge in [-0.25, -0.2) is 15.0 Å². The molecule has 3 nitrogen and oxygen atoms in total. The first kappa shape index (κ1) is 33.7. The predicted octanol–water partition coefficient (Wildman–Crippen LogP) is 13.7. The molecule has 0 radical (unpaired) electrons. The van der Waals surface area contributed by atoms with Gasteiger partial charge >= 0.3 is 0 Å². The summed E-state index contributed by atoms with van der Waals surface area (Å²) in [5.74, 6) is 5.23. The lowest BCUT2D eigenvalue weighted by Gasteiger charge is -2.61. The Kier molecular flexibility index (Phi) is 6.96. The van der Waals surface area contributed by atoms with Crippen molar-refractivity contribution in [3.05, 3.63) is 174 Å². The summed E-state index contributed by atoms with van der Waals surface area (Å²) in [5, 5.41) is 2.81. The van der Waals surface area contributed by atoms with Gasteiger partial charge in [-0.3, -0.25) is 0 Å². The molecule has 6 aliphatic carbocycles. The number of fused-ring (bicyclic) bond motifs is 8. The van der Waals surface area contributed by atoms with Crippen molar-refractivity contribution in [1.82, 2.24) is 15.0 Å². The molecule has 0 saturated heterocycles. The Hall–Kier alpha value is -6.19. The summed E-state index contributed by atoms with van der Waals surface area (Å²) in [6, 6.07) is 56.2. The number of benzene rings is 7. The zero-order valence-corrected chi connectivity index (χ0v) is 33.6. The summed E-state index contributed by atoms with van der Waals surface area (Å²) in [7, 11) is 0. The van der Waals surface area contributed by atoms with Gasteiger partial charge in [0, 0.05) is 27.5 Å². The van der Waals surface area contributed by atoms with Gasteiger partial charge in [0.05, 0.1) is 0 Å². The fraction of sp³-hybridized carbons (Fsp3) is 0.232. The molecule has 8 aromatic rings. The van der Waals surface area contributed by atoms with Gasteiger partial charge < -0.3 is 0 Å². The molecule has 7 aromatic carbocycles. The second-order valence-electron chi connectivity index (χ2n) is 18.8. The molecule has 1 spiro atoms. The Balaban J connectivity index is 0.937. The van der Waals surface area contributed by atoms with Crippen molar-refractivity contribution in [3.63, 3.8) is 0 Å². The van der Waals surface area contributed by atoms with Crippen molar-refractivity contribution in [2.75, 3.05) is 0 Å². The van der Waals surface area contributed by atoms with Crippen LogP contribution in [0.4, 0.5) is 0 Å². The zero-order chi connectivity index (χ0) is 39.0. The van der Waals surface area contributed by atoms with Gasteiger partial charge in [0.15, 0.2) is 17.5 Å². The summed E-state index contributed by atoms with van der Waals surface area (Å²) >= 11 is 0. The molecule has 0 aliphatic heterocycles. The molecule has 14 rings (SSSR count). The van der Waals surface area contributed by atoms with E-state index in [9.17, 15) is 0 Å². The molecule has 284 valence electrons. The second kappa shape index (κ2) is 12.2. The minimum absolute atomic E-state index is 0.00540. The first-order chi connectivity index (χ1) is 28.9. The maximum Gasteiger partial charge on any atom is 0.164 e. The van der Waals surface area contributed by atoms with E-state index in [1.165, 1.54) is 92.9 Å². The van der Waals surface area contributed by atoms with Crippen molar-refractivity contribution in [2.24, 2.45) is 23.7 Å². The summed E-state index contributed by atoms with van der Waals surface area (Å²) in [6.45, 7) is 4.67. The predicted molar refractivity (Wildman–Crippen MR) is 240 cm³/mol. The third kappa shape index (κ3) is 4.73. The van der Waals surface area contributed by atoms with E-state index in [-0.39, 0.29) is 10.8 Å². The van der Waals surface area contributed by atoms with Crippen LogP contribution in [0.3, 0.4) is 0 Å². The maximum atomic E-state index is 5.32. The summed E-state index contributed by atoms with van der Waals surface area (Å²) in [4.78, 5) is 15.7. The zero-order valence-electron chi connectivity index (χ0n) is 33.6. The van der Waals surface area contributed by atoms with Crippen LogP contribution in [0.1, 0.15) is 68.2 Å². The van der Waals surface area contributed by atoms with Crippen molar-refractivity contribution in [1.29, 1.82) is 0 Å². The van der Waals surface area contributed by atoms with Crippen LogP contribution in [0.25, 0.3) is 78.3 Å². The normalized spacial score (nSPS) is 23.6. The van der Waals surface area contributed by atoms with E-state index in [0.29, 0.717) is 23.5 Å². The molecule has 4 bridgehead atoms. The molecule has 0 atom stereocenters. The highest BCUT2D eigenvalue weighted by molar-refractivity contribution is 5.98.